The first-order valence-electron chi connectivity index (χ1n) is 4.77. The second kappa shape index (κ2) is 5.01. The second-order valence-corrected chi connectivity index (χ2v) is 3.78. The Hall–Kier alpha value is -1.82. The van der Waals surface area contributed by atoms with Crippen molar-refractivity contribution in [2.45, 2.75) is 13.8 Å². The maximum Gasteiger partial charge on any atom is 0.282 e. The molecule has 2 amide bonds. The topological polar surface area (TPSA) is 94.2 Å². The fraction of sp³-hybridized carbons (Fsp3) is 0.300. The van der Waals surface area contributed by atoms with Gasteiger partial charge in [-0.2, -0.15) is 0 Å². The summed E-state index contributed by atoms with van der Waals surface area (Å²) in [6.45, 7) is 3.22. The van der Waals surface area contributed by atoms with E-state index in [9.17, 15) is 14.4 Å². The van der Waals surface area contributed by atoms with Gasteiger partial charge in [0.15, 0.2) is 0 Å². The lowest BCUT2D eigenvalue weighted by atomic mass is 10.1. The molecule has 0 radical (unpaired) electrons. The highest BCUT2D eigenvalue weighted by Crippen LogP contribution is 2.04. The molecule has 0 bridgehead atoms. The number of hydrogen-bond donors (Lipinski definition) is 2. The molecular formula is C10H12ClN3O3. The molecule has 7 heteroatoms. The van der Waals surface area contributed by atoms with Gasteiger partial charge >= 0.3 is 0 Å². The number of carbonyl (C=O) groups excluding carboxylic acids is 2. The molecule has 0 spiro atoms. The normalized spacial score (nSPS) is 10.1. The zero-order valence-corrected chi connectivity index (χ0v) is 10.2. The van der Waals surface area contributed by atoms with Crippen LogP contribution in [-0.4, -0.2) is 22.4 Å². The number of halogens is 1. The van der Waals surface area contributed by atoms with Gasteiger partial charge in [-0.05, 0) is 25.5 Å². The Balaban J connectivity index is 3.41. The number of primary amides is 1. The van der Waals surface area contributed by atoms with Gasteiger partial charge in [-0.3, -0.25) is 19.8 Å². The third-order valence-electron chi connectivity index (χ3n) is 2.19. The lowest BCUT2D eigenvalue weighted by Gasteiger charge is -2.13. The Morgan fingerprint density at radius 3 is 2.53 bits per heavy atom. The van der Waals surface area contributed by atoms with Crippen molar-refractivity contribution in [1.29, 1.82) is 0 Å². The molecule has 3 N–H and O–H groups in total. The lowest BCUT2D eigenvalue weighted by molar-refractivity contribution is -0.114. The molecule has 0 saturated carbocycles. The first kappa shape index (κ1) is 13.2. The minimum Gasteiger partial charge on any atom is -0.365 e. The SMILES string of the molecule is Cc1cc(C)n(NC(=O)CCl)c(=O)c1C(N)=O. The Morgan fingerprint density at radius 2 is 2.06 bits per heavy atom. The van der Waals surface area contributed by atoms with E-state index in [0.29, 0.717) is 11.3 Å². The molecule has 0 aromatic carbocycles. The maximum atomic E-state index is 11.9. The molecule has 1 aromatic heterocycles. The highest BCUT2D eigenvalue weighted by Gasteiger charge is 2.15. The number of alkyl halides is 1. The molecule has 1 aromatic rings. The summed E-state index contributed by atoms with van der Waals surface area (Å²) in [6, 6.07) is 1.58. The summed E-state index contributed by atoms with van der Waals surface area (Å²) in [7, 11) is 0. The molecular weight excluding hydrogens is 246 g/mol. The number of amides is 2. The largest absolute Gasteiger partial charge is 0.365 e. The average Bonchev–Trinajstić information content (AvgIpc) is 2.22. The van der Waals surface area contributed by atoms with Gasteiger partial charge in [0, 0.05) is 5.69 Å². The lowest BCUT2D eigenvalue weighted by Crippen LogP contribution is -2.39. The van der Waals surface area contributed by atoms with Crippen LogP contribution < -0.4 is 16.7 Å². The van der Waals surface area contributed by atoms with Crippen LogP contribution in [0.4, 0.5) is 0 Å². The number of nitrogens with two attached hydrogens (primary N) is 1. The standard InChI is InChI=1S/C10H12ClN3O3/c1-5-3-6(2)14(13-7(15)4-11)10(17)8(5)9(12)16/h3H,4H2,1-2H3,(H2,12,16)(H,13,15). The monoisotopic (exact) mass is 257 g/mol. The van der Waals surface area contributed by atoms with E-state index in [4.69, 9.17) is 17.3 Å². The van der Waals surface area contributed by atoms with E-state index in [1.54, 1.807) is 19.9 Å². The van der Waals surface area contributed by atoms with E-state index in [-0.39, 0.29) is 11.4 Å². The number of hydrogen-bond acceptors (Lipinski definition) is 3. The van der Waals surface area contributed by atoms with Crippen molar-refractivity contribution >= 4 is 23.4 Å². The van der Waals surface area contributed by atoms with Crippen LogP contribution in [0.25, 0.3) is 0 Å². The fourth-order valence-electron chi connectivity index (χ4n) is 1.48. The molecule has 0 aliphatic rings. The minimum atomic E-state index is -0.832. The van der Waals surface area contributed by atoms with Crippen LogP contribution in [-0.2, 0) is 4.79 Å². The summed E-state index contributed by atoms with van der Waals surface area (Å²) >= 11 is 5.32. The van der Waals surface area contributed by atoms with E-state index in [2.05, 4.69) is 5.43 Å². The van der Waals surface area contributed by atoms with Crippen LogP contribution in [0.2, 0.25) is 0 Å². The van der Waals surface area contributed by atoms with Gasteiger partial charge in [0.25, 0.3) is 17.4 Å². The Labute approximate surface area is 102 Å². The number of nitrogens with one attached hydrogen (secondary N) is 1. The summed E-state index contributed by atoms with van der Waals surface area (Å²) in [4.78, 5) is 34.2. The van der Waals surface area contributed by atoms with Crippen molar-refractivity contribution in [3.05, 3.63) is 33.2 Å². The molecule has 0 aliphatic carbocycles. The maximum absolute atomic E-state index is 11.9. The second-order valence-electron chi connectivity index (χ2n) is 3.52. The van der Waals surface area contributed by atoms with Crippen LogP contribution in [0.3, 0.4) is 0 Å². The number of aryl methyl sites for hydroxylation is 2. The average molecular weight is 258 g/mol. The zero-order chi connectivity index (χ0) is 13.2. The first-order chi connectivity index (χ1) is 7.88. The summed E-state index contributed by atoms with van der Waals surface area (Å²) in [6.07, 6.45) is 0. The molecule has 0 atom stereocenters. The van der Waals surface area contributed by atoms with Crippen molar-refractivity contribution in [3.63, 3.8) is 0 Å². The van der Waals surface area contributed by atoms with Crippen molar-refractivity contribution < 1.29 is 9.59 Å². The predicted octanol–water partition coefficient (Wildman–Crippen LogP) is -0.127. The third kappa shape index (κ3) is 2.65. The van der Waals surface area contributed by atoms with Gasteiger partial charge in [-0.1, -0.05) is 0 Å². The first-order valence-corrected chi connectivity index (χ1v) is 5.30. The van der Waals surface area contributed by atoms with E-state index in [0.717, 1.165) is 4.68 Å². The number of aromatic nitrogens is 1. The summed E-state index contributed by atoms with van der Waals surface area (Å²) < 4.78 is 0.956. The molecule has 1 heterocycles. The van der Waals surface area contributed by atoms with Crippen molar-refractivity contribution in [2.24, 2.45) is 5.73 Å². The Kier molecular flexibility index (Phi) is 3.90. The van der Waals surface area contributed by atoms with Crippen molar-refractivity contribution in [3.8, 4) is 0 Å². The van der Waals surface area contributed by atoms with E-state index >= 15 is 0 Å². The third-order valence-corrected chi connectivity index (χ3v) is 2.44. The predicted molar refractivity (Wildman–Crippen MR) is 63.8 cm³/mol. The Bertz CT molecular complexity index is 536. The minimum absolute atomic E-state index is 0.148. The molecule has 92 valence electrons. The van der Waals surface area contributed by atoms with Crippen molar-refractivity contribution in [1.82, 2.24) is 4.68 Å². The van der Waals surface area contributed by atoms with Gasteiger partial charge in [0.2, 0.25) is 0 Å². The number of nitrogens with zero attached hydrogens (tertiary/aromatic N) is 1. The molecule has 0 fully saturated rings. The van der Waals surface area contributed by atoms with Crippen LogP contribution in [0.5, 0.6) is 0 Å². The van der Waals surface area contributed by atoms with Crippen LogP contribution in [0, 0.1) is 13.8 Å². The van der Waals surface area contributed by atoms with Crippen LogP contribution >= 0.6 is 11.6 Å². The van der Waals surface area contributed by atoms with E-state index < -0.39 is 17.4 Å². The molecule has 6 nitrogen and oxygen atoms in total. The van der Waals surface area contributed by atoms with Gasteiger partial charge in [-0.25, -0.2) is 4.68 Å². The number of rotatable bonds is 3. The van der Waals surface area contributed by atoms with Crippen LogP contribution in [0.15, 0.2) is 10.9 Å². The summed E-state index contributed by atoms with van der Waals surface area (Å²) in [5.41, 5.74) is 7.53. The number of pyridine rings is 1. The Morgan fingerprint density at radius 1 is 1.47 bits per heavy atom. The van der Waals surface area contributed by atoms with E-state index in [1.807, 2.05) is 0 Å². The van der Waals surface area contributed by atoms with E-state index in [1.165, 1.54) is 0 Å². The quantitative estimate of drug-likeness (QED) is 0.739. The summed E-state index contributed by atoms with van der Waals surface area (Å²) in [5.74, 6) is -1.66. The van der Waals surface area contributed by atoms with Gasteiger partial charge in [0.05, 0.1) is 0 Å². The van der Waals surface area contributed by atoms with Crippen LogP contribution in [0.1, 0.15) is 21.6 Å². The van der Waals surface area contributed by atoms with Crippen molar-refractivity contribution in [2.75, 3.05) is 11.3 Å². The fourth-order valence-corrected chi connectivity index (χ4v) is 1.54. The molecule has 0 unspecified atom stereocenters. The van der Waals surface area contributed by atoms with Gasteiger partial charge < -0.3 is 5.73 Å². The molecule has 17 heavy (non-hydrogen) atoms. The molecule has 0 saturated heterocycles. The number of carbonyl (C=O) groups is 2. The molecule has 1 rings (SSSR count). The highest BCUT2D eigenvalue weighted by molar-refractivity contribution is 6.28. The van der Waals surface area contributed by atoms with Gasteiger partial charge in [0.1, 0.15) is 11.4 Å². The summed E-state index contributed by atoms with van der Waals surface area (Å²) in [5, 5.41) is 0. The zero-order valence-electron chi connectivity index (χ0n) is 9.41. The highest BCUT2D eigenvalue weighted by atomic mass is 35.5. The smallest absolute Gasteiger partial charge is 0.282 e. The van der Waals surface area contributed by atoms with Gasteiger partial charge in [-0.15, -0.1) is 11.6 Å². The molecule has 0 aliphatic heterocycles.